The van der Waals surface area contributed by atoms with E-state index in [0.717, 1.165) is 24.6 Å². The summed E-state index contributed by atoms with van der Waals surface area (Å²) in [5.74, 6) is 1.58. The van der Waals surface area contributed by atoms with Gasteiger partial charge in [0.25, 0.3) is 0 Å². The highest BCUT2D eigenvalue weighted by Crippen LogP contribution is 2.15. The molecule has 0 atom stereocenters. The Morgan fingerprint density at radius 3 is 2.15 bits per heavy atom. The van der Waals surface area contributed by atoms with Crippen molar-refractivity contribution in [2.45, 2.75) is 66.6 Å². The average molecular weight is 278 g/mol. The second-order valence-corrected chi connectivity index (χ2v) is 7.13. The molecule has 1 aromatic heterocycles. The van der Waals surface area contributed by atoms with E-state index in [-0.39, 0.29) is 5.54 Å². The van der Waals surface area contributed by atoms with Gasteiger partial charge >= 0.3 is 0 Å². The molecule has 0 unspecified atom stereocenters. The fraction of sp³-hybridized carbons (Fsp3) is 0.750. The van der Waals surface area contributed by atoms with Crippen LogP contribution in [0.2, 0.25) is 0 Å². The second kappa shape index (κ2) is 7.02. The Hall–Kier alpha value is -1.16. The Labute approximate surface area is 124 Å². The summed E-state index contributed by atoms with van der Waals surface area (Å²) in [5.41, 5.74) is 1.08. The summed E-state index contributed by atoms with van der Waals surface area (Å²) in [6.45, 7) is 17.1. The van der Waals surface area contributed by atoms with E-state index in [0.29, 0.717) is 12.0 Å². The Morgan fingerprint density at radius 1 is 1.10 bits per heavy atom. The minimum atomic E-state index is 0.0992. The van der Waals surface area contributed by atoms with Gasteiger partial charge in [0.2, 0.25) is 0 Å². The predicted octanol–water partition coefficient (Wildman–Crippen LogP) is 3.24. The number of anilines is 1. The third-order valence-electron chi connectivity index (χ3n) is 2.98. The maximum atomic E-state index is 4.39. The van der Waals surface area contributed by atoms with Crippen LogP contribution in [0.4, 0.5) is 5.82 Å². The molecule has 1 rings (SSSR count). The van der Waals surface area contributed by atoms with Gasteiger partial charge in [-0.1, -0.05) is 13.8 Å². The Morgan fingerprint density at radius 2 is 1.75 bits per heavy atom. The maximum Gasteiger partial charge on any atom is 0.151 e. The molecule has 1 aromatic rings. The lowest BCUT2D eigenvalue weighted by Crippen LogP contribution is -2.36. The summed E-state index contributed by atoms with van der Waals surface area (Å²) in [5, 5.41) is 12.2. The lowest BCUT2D eigenvalue weighted by molar-refractivity contribution is 0.420. The van der Waals surface area contributed by atoms with Crippen molar-refractivity contribution in [1.82, 2.24) is 15.5 Å². The molecule has 0 aliphatic rings. The van der Waals surface area contributed by atoms with E-state index in [1.54, 1.807) is 0 Å². The molecule has 114 valence electrons. The predicted molar refractivity (Wildman–Crippen MR) is 85.9 cm³/mol. The summed E-state index contributed by atoms with van der Waals surface area (Å²) in [4.78, 5) is 2.30. The van der Waals surface area contributed by atoms with Crippen molar-refractivity contribution in [3.05, 3.63) is 17.8 Å². The summed E-state index contributed by atoms with van der Waals surface area (Å²) < 4.78 is 0. The van der Waals surface area contributed by atoms with Crippen molar-refractivity contribution in [2.24, 2.45) is 5.92 Å². The Balaban J connectivity index is 2.73. The van der Waals surface area contributed by atoms with Crippen LogP contribution >= 0.6 is 0 Å². The number of hydrogen-bond donors (Lipinski definition) is 1. The first kappa shape index (κ1) is 16.9. The molecule has 0 aliphatic heterocycles. The van der Waals surface area contributed by atoms with Crippen molar-refractivity contribution < 1.29 is 0 Å². The second-order valence-electron chi connectivity index (χ2n) is 7.13. The van der Waals surface area contributed by atoms with Gasteiger partial charge in [0.1, 0.15) is 0 Å². The third-order valence-corrected chi connectivity index (χ3v) is 2.98. The quantitative estimate of drug-likeness (QED) is 0.867. The van der Waals surface area contributed by atoms with Gasteiger partial charge in [-0.05, 0) is 52.7 Å². The van der Waals surface area contributed by atoms with Crippen LogP contribution in [-0.4, -0.2) is 28.3 Å². The molecular weight excluding hydrogens is 248 g/mol. The lowest BCUT2D eigenvalue weighted by atomic mass is 10.1. The van der Waals surface area contributed by atoms with Crippen LogP contribution in [0.25, 0.3) is 0 Å². The first-order valence-electron chi connectivity index (χ1n) is 7.53. The smallest absolute Gasteiger partial charge is 0.151 e. The van der Waals surface area contributed by atoms with Crippen molar-refractivity contribution in [1.29, 1.82) is 0 Å². The largest absolute Gasteiger partial charge is 0.352 e. The van der Waals surface area contributed by atoms with E-state index in [1.165, 1.54) is 0 Å². The van der Waals surface area contributed by atoms with Gasteiger partial charge in [-0.15, -0.1) is 5.10 Å². The molecule has 4 nitrogen and oxygen atoms in total. The van der Waals surface area contributed by atoms with E-state index in [2.05, 4.69) is 81.0 Å². The summed E-state index contributed by atoms with van der Waals surface area (Å²) in [6, 6.07) is 4.58. The van der Waals surface area contributed by atoms with Gasteiger partial charge in [0.15, 0.2) is 5.82 Å². The van der Waals surface area contributed by atoms with Gasteiger partial charge in [-0.3, -0.25) is 0 Å². The molecule has 0 saturated heterocycles. The van der Waals surface area contributed by atoms with Gasteiger partial charge in [0, 0.05) is 24.7 Å². The molecule has 0 saturated carbocycles. The Bertz CT molecular complexity index is 390. The molecule has 0 spiro atoms. The van der Waals surface area contributed by atoms with Crippen molar-refractivity contribution in [3.8, 4) is 0 Å². The molecule has 0 fully saturated rings. The molecule has 1 heterocycles. The third kappa shape index (κ3) is 5.87. The molecular formula is C16H30N4. The van der Waals surface area contributed by atoms with Crippen LogP contribution in [0.15, 0.2) is 12.1 Å². The molecule has 4 heteroatoms. The fourth-order valence-corrected chi connectivity index (χ4v) is 1.92. The minimum absolute atomic E-state index is 0.0992. The van der Waals surface area contributed by atoms with Crippen LogP contribution < -0.4 is 10.2 Å². The standard InChI is InChI=1S/C16H30N4/c1-12(2)11-20(13(3)4)15-9-8-14(18-19-15)10-17-16(5,6)7/h8-9,12-13,17H,10-11H2,1-7H3. The highest BCUT2D eigenvalue weighted by Gasteiger charge is 2.14. The number of rotatable bonds is 6. The highest BCUT2D eigenvalue weighted by molar-refractivity contribution is 5.38. The SMILES string of the molecule is CC(C)CN(c1ccc(CNC(C)(C)C)nn1)C(C)C. The van der Waals surface area contributed by atoms with Gasteiger partial charge in [0.05, 0.1) is 5.69 Å². The summed E-state index contributed by atoms with van der Waals surface area (Å²) >= 11 is 0. The van der Waals surface area contributed by atoms with Crippen molar-refractivity contribution in [3.63, 3.8) is 0 Å². The van der Waals surface area contributed by atoms with E-state index in [4.69, 9.17) is 0 Å². The molecule has 0 radical (unpaired) electrons. The molecule has 0 amide bonds. The van der Waals surface area contributed by atoms with E-state index in [1.807, 2.05) is 0 Å². The van der Waals surface area contributed by atoms with Crippen LogP contribution in [0.3, 0.4) is 0 Å². The molecule has 0 bridgehead atoms. The fourth-order valence-electron chi connectivity index (χ4n) is 1.92. The first-order chi connectivity index (χ1) is 9.19. The number of nitrogens with zero attached hydrogens (tertiary/aromatic N) is 3. The molecule has 0 aliphatic carbocycles. The van der Waals surface area contributed by atoms with Crippen LogP contribution in [0.1, 0.15) is 54.2 Å². The highest BCUT2D eigenvalue weighted by atomic mass is 15.3. The van der Waals surface area contributed by atoms with Crippen LogP contribution in [0.5, 0.6) is 0 Å². The minimum Gasteiger partial charge on any atom is -0.352 e. The van der Waals surface area contributed by atoms with E-state index >= 15 is 0 Å². The monoisotopic (exact) mass is 278 g/mol. The summed E-state index contributed by atoms with van der Waals surface area (Å²) in [7, 11) is 0. The molecule has 0 aromatic carbocycles. The number of hydrogen-bond acceptors (Lipinski definition) is 4. The van der Waals surface area contributed by atoms with Gasteiger partial charge in [-0.2, -0.15) is 5.10 Å². The van der Waals surface area contributed by atoms with Crippen molar-refractivity contribution >= 4 is 5.82 Å². The maximum absolute atomic E-state index is 4.39. The van der Waals surface area contributed by atoms with E-state index in [9.17, 15) is 0 Å². The number of aromatic nitrogens is 2. The van der Waals surface area contributed by atoms with Crippen LogP contribution in [0, 0.1) is 5.92 Å². The zero-order valence-corrected chi connectivity index (χ0v) is 14.1. The molecule has 20 heavy (non-hydrogen) atoms. The average Bonchev–Trinajstić information content (AvgIpc) is 2.33. The van der Waals surface area contributed by atoms with Crippen LogP contribution in [-0.2, 0) is 6.54 Å². The van der Waals surface area contributed by atoms with E-state index < -0.39 is 0 Å². The topological polar surface area (TPSA) is 41.0 Å². The lowest BCUT2D eigenvalue weighted by Gasteiger charge is -2.29. The zero-order chi connectivity index (χ0) is 15.3. The van der Waals surface area contributed by atoms with Gasteiger partial charge < -0.3 is 10.2 Å². The Kier molecular flexibility index (Phi) is 5.93. The zero-order valence-electron chi connectivity index (χ0n) is 14.1. The number of nitrogens with one attached hydrogen (secondary N) is 1. The van der Waals surface area contributed by atoms with Gasteiger partial charge in [-0.25, -0.2) is 0 Å². The normalized spacial score (nSPS) is 12.2. The summed E-state index contributed by atoms with van der Waals surface area (Å²) in [6.07, 6.45) is 0. The molecule has 1 N–H and O–H groups in total. The first-order valence-corrected chi connectivity index (χ1v) is 7.53. The van der Waals surface area contributed by atoms with Crippen molar-refractivity contribution in [2.75, 3.05) is 11.4 Å².